The van der Waals surface area contributed by atoms with E-state index < -0.39 is 0 Å². The van der Waals surface area contributed by atoms with E-state index in [4.69, 9.17) is 0 Å². The fraction of sp³-hybridized carbons (Fsp3) is 0.300. The van der Waals surface area contributed by atoms with Gasteiger partial charge in [0.1, 0.15) is 12.7 Å². The SMILES string of the molecule is CC(C)Nc1ccc(-n2cncn2)nc1. The van der Waals surface area contributed by atoms with Gasteiger partial charge in [-0.1, -0.05) is 0 Å². The first-order chi connectivity index (χ1) is 7.25. The van der Waals surface area contributed by atoms with Gasteiger partial charge in [0.15, 0.2) is 5.82 Å². The van der Waals surface area contributed by atoms with Crippen molar-refractivity contribution in [3.63, 3.8) is 0 Å². The second-order valence-electron chi connectivity index (χ2n) is 3.54. The first kappa shape index (κ1) is 9.64. The van der Waals surface area contributed by atoms with Crippen molar-refractivity contribution in [3.8, 4) is 5.82 Å². The van der Waals surface area contributed by atoms with E-state index in [2.05, 4.69) is 34.2 Å². The van der Waals surface area contributed by atoms with Crippen molar-refractivity contribution in [2.75, 3.05) is 5.32 Å². The number of anilines is 1. The normalized spacial score (nSPS) is 10.6. The van der Waals surface area contributed by atoms with Gasteiger partial charge >= 0.3 is 0 Å². The highest BCUT2D eigenvalue weighted by atomic mass is 15.3. The van der Waals surface area contributed by atoms with Crippen molar-refractivity contribution in [1.82, 2.24) is 19.7 Å². The molecule has 2 aromatic rings. The number of nitrogens with zero attached hydrogens (tertiary/aromatic N) is 4. The largest absolute Gasteiger partial charge is 0.382 e. The maximum Gasteiger partial charge on any atom is 0.155 e. The Hall–Kier alpha value is -1.91. The van der Waals surface area contributed by atoms with Crippen LogP contribution in [0.1, 0.15) is 13.8 Å². The van der Waals surface area contributed by atoms with E-state index in [-0.39, 0.29) is 0 Å². The third-order valence-electron chi connectivity index (χ3n) is 1.86. The molecule has 0 atom stereocenters. The van der Waals surface area contributed by atoms with Crippen LogP contribution >= 0.6 is 0 Å². The molecule has 0 aliphatic heterocycles. The topological polar surface area (TPSA) is 55.6 Å². The highest BCUT2D eigenvalue weighted by Crippen LogP contribution is 2.09. The van der Waals surface area contributed by atoms with Crippen LogP contribution in [0.15, 0.2) is 31.0 Å². The van der Waals surface area contributed by atoms with Crippen LogP contribution in [0.25, 0.3) is 5.82 Å². The predicted molar refractivity (Wildman–Crippen MR) is 57.9 cm³/mol. The molecule has 5 nitrogen and oxygen atoms in total. The van der Waals surface area contributed by atoms with Crippen molar-refractivity contribution in [1.29, 1.82) is 0 Å². The summed E-state index contributed by atoms with van der Waals surface area (Å²) in [6.45, 7) is 4.18. The lowest BCUT2D eigenvalue weighted by Gasteiger charge is -2.09. The third-order valence-corrected chi connectivity index (χ3v) is 1.86. The number of pyridine rings is 1. The van der Waals surface area contributed by atoms with Gasteiger partial charge in [0.2, 0.25) is 0 Å². The molecule has 1 N–H and O–H groups in total. The van der Waals surface area contributed by atoms with Crippen LogP contribution in [0.2, 0.25) is 0 Å². The summed E-state index contributed by atoms with van der Waals surface area (Å²) in [6, 6.07) is 4.28. The lowest BCUT2D eigenvalue weighted by atomic mass is 10.3. The van der Waals surface area contributed by atoms with Crippen LogP contribution in [0.4, 0.5) is 5.69 Å². The van der Waals surface area contributed by atoms with Crippen molar-refractivity contribution < 1.29 is 0 Å². The zero-order chi connectivity index (χ0) is 10.7. The molecule has 5 heteroatoms. The maximum atomic E-state index is 4.27. The molecule has 0 bridgehead atoms. The number of nitrogens with one attached hydrogen (secondary N) is 1. The number of rotatable bonds is 3. The van der Waals surface area contributed by atoms with Crippen LogP contribution in [-0.2, 0) is 0 Å². The molecule has 2 aromatic heterocycles. The summed E-state index contributed by atoms with van der Waals surface area (Å²) in [5, 5.41) is 7.27. The minimum atomic E-state index is 0.407. The molecular formula is C10H13N5. The van der Waals surface area contributed by atoms with Crippen LogP contribution in [0, 0.1) is 0 Å². The highest BCUT2D eigenvalue weighted by molar-refractivity contribution is 5.43. The molecule has 0 saturated carbocycles. The first-order valence-electron chi connectivity index (χ1n) is 4.83. The summed E-state index contributed by atoms with van der Waals surface area (Å²) < 4.78 is 1.62. The molecule has 0 amide bonds. The van der Waals surface area contributed by atoms with Crippen LogP contribution in [0.3, 0.4) is 0 Å². The van der Waals surface area contributed by atoms with E-state index in [0.717, 1.165) is 11.5 Å². The van der Waals surface area contributed by atoms with Gasteiger partial charge in [0.05, 0.1) is 11.9 Å². The molecule has 0 unspecified atom stereocenters. The number of hydrogen-bond acceptors (Lipinski definition) is 4. The van der Waals surface area contributed by atoms with Crippen LogP contribution in [-0.4, -0.2) is 25.8 Å². The summed E-state index contributed by atoms with van der Waals surface area (Å²) in [6.07, 6.45) is 4.90. The monoisotopic (exact) mass is 203 g/mol. The Balaban J connectivity index is 2.17. The van der Waals surface area contributed by atoms with E-state index in [9.17, 15) is 0 Å². The molecule has 0 fully saturated rings. The molecule has 0 aliphatic rings. The summed E-state index contributed by atoms with van der Waals surface area (Å²) in [5.74, 6) is 0.766. The zero-order valence-electron chi connectivity index (χ0n) is 8.75. The van der Waals surface area contributed by atoms with Crippen molar-refractivity contribution >= 4 is 5.69 Å². The smallest absolute Gasteiger partial charge is 0.155 e. The van der Waals surface area contributed by atoms with Gasteiger partial charge in [-0.3, -0.25) is 0 Å². The molecule has 2 rings (SSSR count). The standard InChI is InChI=1S/C10H13N5/c1-8(2)14-9-3-4-10(12-5-9)15-7-11-6-13-15/h3-8,14H,1-2H3. The minimum absolute atomic E-state index is 0.407. The Bertz CT molecular complexity index is 404. The maximum absolute atomic E-state index is 4.27. The van der Waals surface area contributed by atoms with Crippen molar-refractivity contribution in [2.24, 2.45) is 0 Å². The Morgan fingerprint density at radius 3 is 2.73 bits per heavy atom. The summed E-state index contributed by atoms with van der Waals surface area (Å²) in [4.78, 5) is 8.14. The fourth-order valence-corrected chi connectivity index (χ4v) is 1.27. The lowest BCUT2D eigenvalue weighted by Crippen LogP contribution is -2.10. The number of hydrogen-bond donors (Lipinski definition) is 1. The van der Waals surface area contributed by atoms with Gasteiger partial charge in [-0.2, -0.15) is 5.10 Å². The molecule has 0 radical (unpaired) electrons. The molecule has 0 aliphatic carbocycles. The molecule has 0 spiro atoms. The third kappa shape index (κ3) is 2.31. The fourth-order valence-electron chi connectivity index (χ4n) is 1.27. The molecular weight excluding hydrogens is 190 g/mol. The Labute approximate surface area is 88.2 Å². The predicted octanol–water partition coefficient (Wildman–Crippen LogP) is 1.48. The van der Waals surface area contributed by atoms with E-state index >= 15 is 0 Å². The minimum Gasteiger partial charge on any atom is -0.382 e. The average Bonchev–Trinajstić information content (AvgIpc) is 2.71. The zero-order valence-corrected chi connectivity index (χ0v) is 8.75. The quantitative estimate of drug-likeness (QED) is 0.821. The summed E-state index contributed by atoms with van der Waals surface area (Å²) in [7, 11) is 0. The van der Waals surface area contributed by atoms with E-state index in [1.807, 2.05) is 12.1 Å². The number of aromatic nitrogens is 4. The van der Waals surface area contributed by atoms with Crippen LogP contribution < -0.4 is 5.32 Å². The van der Waals surface area contributed by atoms with Gasteiger partial charge < -0.3 is 5.32 Å². The summed E-state index contributed by atoms with van der Waals surface area (Å²) >= 11 is 0. The van der Waals surface area contributed by atoms with Crippen molar-refractivity contribution in [2.45, 2.75) is 19.9 Å². The Morgan fingerprint density at radius 1 is 1.33 bits per heavy atom. The van der Waals surface area contributed by atoms with E-state index in [1.165, 1.54) is 6.33 Å². The highest BCUT2D eigenvalue weighted by Gasteiger charge is 1.99. The van der Waals surface area contributed by atoms with Gasteiger partial charge in [-0.05, 0) is 26.0 Å². The lowest BCUT2D eigenvalue weighted by molar-refractivity contribution is 0.842. The van der Waals surface area contributed by atoms with Crippen LogP contribution in [0.5, 0.6) is 0 Å². The van der Waals surface area contributed by atoms with Gasteiger partial charge in [0.25, 0.3) is 0 Å². The molecule has 0 saturated heterocycles. The Kier molecular flexibility index (Phi) is 2.62. The van der Waals surface area contributed by atoms with Gasteiger partial charge in [0, 0.05) is 6.04 Å². The molecule has 0 aromatic carbocycles. The molecule has 2 heterocycles. The average molecular weight is 203 g/mol. The second-order valence-corrected chi connectivity index (χ2v) is 3.54. The van der Waals surface area contributed by atoms with Gasteiger partial charge in [-0.15, -0.1) is 0 Å². The van der Waals surface area contributed by atoms with E-state index in [1.54, 1.807) is 17.2 Å². The second kappa shape index (κ2) is 4.08. The summed E-state index contributed by atoms with van der Waals surface area (Å²) in [5.41, 5.74) is 1.01. The van der Waals surface area contributed by atoms with Gasteiger partial charge in [-0.25, -0.2) is 14.6 Å². The Morgan fingerprint density at radius 2 is 2.20 bits per heavy atom. The van der Waals surface area contributed by atoms with E-state index in [0.29, 0.717) is 6.04 Å². The van der Waals surface area contributed by atoms with Crippen molar-refractivity contribution in [3.05, 3.63) is 31.0 Å². The molecule has 15 heavy (non-hydrogen) atoms. The molecule has 78 valence electrons. The first-order valence-corrected chi connectivity index (χ1v) is 4.83.